The van der Waals surface area contributed by atoms with Crippen molar-refractivity contribution in [3.8, 4) is 0 Å². The van der Waals surface area contributed by atoms with E-state index in [1.54, 1.807) is 6.08 Å². The van der Waals surface area contributed by atoms with Crippen molar-refractivity contribution < 1.29 is 22.8 Å². The average Bonchev–Trinajstić information content (AvgIpc) is 3.21. The van der Waals surface area contributed by atoms with Crippen LogP contribution in [0.5, 0.6) is 0 Å². The van der Waals surface area contributed by atoms with Gasteiger partial charge in [-0.05, 0) is 75.5 Å². The Labute approximate surface area is 246 Å². The van der Waals surface area contributed by atoms with Gasteiger partial charge in [0.25, 0.3) is 0 Å². The van der Waals surface area contributed by atoms with Gasteiger partial charge in [-0.3, -0.25) is 9.59 Å². The molecule has 7 rings (SSSR count). The summed E-state index contributed by atoms with van der Waals surface area (Å²) in [6, 6.07) is 32.5. The molecule has 1 aliphatic carbocycles. The van der Waals surface area contributed by atoms with Gasteiger partial charge >= 0.3 is 6.18 Å². The summed E-state index contributed by atoms with van der Waals surface area (Å²) in [6.07, 6.45) is -4.01. The average molecular weight is 574 g/mol. The number of ketones is 2. The number of para-hydroxylation sites is 2. The van der Waals surface area contributed by atoms with Crippen LogP contribution in [0, 0.1) is 0 Å². The van der Waals surface area contributed by atoms with E-state index in [9.17, 15) is 22.8 Å². The van der Waals surface area contributed by atoms with Crippen LogP contribution in [0.15, 0.2) is 109 Å². The zero-order valence-corrected chi connectivity index (χ0v) is 23.5. The van der Waals surface area contributed by atoms with Crippen molar-refractivity contribution in [1.82, 2.24) is 0 Å². The van der Waals surface area contributed by atoms with Crippen molar-refractivity contribution >= 4 is 45.5 Å². The lowest BCUT2D eigenvalue weighted by Crippen LogP contribution is -2.30. The number of hydrogen-bond acceptors (Lipinski definition) is 3. The third-order valence-electron chi connectivity index (χ3n) is 8.50. The van der Waals surface area contributed by atoms with E-state index in [1.165, 1.54) is 29.3 Å². The minimum absolute atomic E-state index is 0.0225. The van der Waals surface area contributed by atoms with Gasteiger partial charge in [0, 0.05) is 22.2 Å². The standard InChI is InChI=1S/C37H26F3NO2/c1-36(2)30-10-6-7-11-31(30)41(25-8-4-3-5-9-25)32-17-14-24-18-22(12-15-26(24)33(32)36)19-29-34(42)27-16-13-23(21-37(38,39)40)20-28(27)35(29)43/h3-20H,21H2,1-2H3. The lowest BCUT2D eigenvalue weighted by Gasteiger charge is -2.42. The Morgan fingerprint density at radius 2 is 1.47 bits per heavy atom. The van der Waals surface area contributed by atoms with Crippen LogP contribution in [0.25, 0.3) is 16.8 Å². The summed E-state index contributed by atoms with van der Waals surface area (Å²) in [5.41, 5.74) is 6.07. The largest absolute Gasteiger partial charge is 0.393 e. The van der Waals surface area contributed by atoms with Gasteiger partial charge in [-0.1, -0.05) is 80.6 Å². The summed E-state index contributed by atoms with van der Waals surface area (Å²) in [6.45, 7) is 4.45. The fraction of sp³-hybridized carbons (Fsp3) is 0.135. The third-order valence-corrected chi connectivity index (χ3v) is 8.50. The predicted molar refractivity (Wildman–Crippen MR) is 164 cm³/mol. The summed E-state index contributed by atoms with van der Waals surface area (Å²) in [4.78, 5) is 28.6. The molecule has 1 heterocycles. The number of carbonyl (C=O) groups is 2. The van der Waals surface area contributed by atoms with Gasteiger partial charge in [-0.15, -0.1) is 0 Å². The number of benzene rings is 5. The van der Waals surface area contributed by atoms with Crippen molar-refractivity contribution in [2.75, 3.05) is 4.90 Å². The minimum atomic E-state index is -4.41. The summed E-state index contributed by atoms with van der Waals surface area (Å²) in [5.74, 6) is -1.02. The highest BCUT2D eigenvalue weighted by Gasteiger charge is 2.38. The first-order chi connectivity index (χ1) is 20.5. The van der Waals surface area contributed by atoms with E-state index in [2.05, 4.69) is 61.2 Å². The number of alkyl halides is 3. The molecule has 5 aromatic rings. The molecule has 6 heteroatoms. The second-order valence-corrected chi connectivity index (χ2v) is 11.6. The minimum Gasteiger partial charge on any atom is -0.310 e. The van der Waals surface area contributed by atoms with Gasteiger partial charge in [-0.2, -0.15) is 13.2 Å². The number of Topliss-reactive ketones (excluding diaryl/α,β-unsaturated/α-hetero) is 2. The molecule has 0 aromatic heterocycles. The van der Waals surface area contributed by atoms with Crippen LogP contribution in [0.2, 0.25) is 0 Å². The van der Waals surface area contributed by atoms with E-state index in [-0.39, 0.29) is 27.7 Å². The third kappa shape index (κ3) is 4.36. The van der Waals surface area contributed by atoms with Crippen molar-refractivity contribution in [2.45, 2.75) is 31.9 Å². The molecule has 0 amide bonds. The Morgan fingerprint density at radius 1 is 0.744 bits per heavy atom. The number of anilines is 3. The number of fused-ring (bicyclic) bond motifs is 5. The van der Waals surface area contributed by atoms with Crippen LogP contribution in [0.1, 0.15) is 56.8 Å². The van der Waals surface area contributed by atoms with Gasteiger partial charge in [-0.25, -0.2) is 0 Å². The molecule has 212 valence electrons. The van der Waals surface area contributed by atoms with Gasteiger partial charge in [0.15, 0.2) is 11.6 Å². The molecule has 5 aromatic carbocycles. The topological polar surface area (TPSA) is 37.4 Å². The first-order valence-electron chi connectivity index (χ1n) is 14.1. The lowest BCUT2D eigenvalue weighted by molar-refractivity contribution is -0.127. The number of halogens is 3. The van der Waals surface area contributed by atoms with Crippen LogP contribution in [0.3, 0.4) is 0 Å². The molecular weight excluding hydrogens is 547 g/mol. The molecule has 3 nitrogen and oxygen atoms in total. The van der Waals surface area contributed by atoms with Crippen molar-refractivity contribution in [3.63, 3.8) is 0 Å². The first-order valence-corrected chi connectivity index (χ1v) is 14.1. The number of carbonyl (C=O) groups excluding carboxylic acids is 2. The SMILES string of the molecule is CC1(C)c2ccccc2N(c2ccccc2)c2ccc3cc(C=C4C(=O)c5ccc(CC(F)(F)F)cc5C4=O)ccc3c21. The maximum Gasteiger partial charge on any atom is 0.393 e. The van der Waals surface area contributed by atoms with E-state index in [0.29, 0.717) is 5.56 Å². The molecule has 2 aliphatic rings. The first kappa shape index (κ1) is 26.9. The Hall–Kier alpha value is -4.97. The highest BCUT2D eigenvalue weighted by molar-refractivity contribution is 6.41. The van der Waals surface area contributed by atoms with Crippen molar-refractivity contribution in [2.24, 2.45) is 0 Å². The molecule has 1 aliphatic heterocycles. The van der Waals surface area contributed by atoms with Crippen molar-refractivity contribution in [3.05, 3.63) is 142 Å². The smallest absolute Gasteiger partial charge is 0.310 e. The van der Waals surface area contributed by atoms with E-state index in [4.69, 9.17) is 0 Å². The van der Waals surface area contributed by atoms with E-state index >= 15 is 0 Å². The fourth-order valence-corrected chi connectivity index (χ4v) is 6.60. The predicted octanol–water partition coefficient (Wildman–Crippen LogP) is 9.52. The molecule has 0 atom stereocenters. The van der Waals surface area contributed by atoms with Crippen molar-refractivity contribution in [1.29, 1.82) is 0 Å². The molecular formula is C37H26F3NO2. The molecule has 0 fully saturated rings. The second-order valence-electron chi connectivity index (χ2n) is 11.6. The molecule has 0 bridgehead atoms. The van der Waals surface area contributed by atoms with Crippen LogP contribution >= 0.6 is 0 Å². The maximum absolute atomic E-state index is 13.2. The quantitative estimate of drug-likeness (QED) is 0.159. The van der Waals surface area contributed by atoms with E-state index in [1.807, 2.05) is 42.5 Å². The Bertz CT molecular complexity index is 2000. The van der Waals surface area contributed by atoms with Crippen LogP contribution in [0.4, 0.5) is 30.2 Å². The lowest BCUT2D eigenvalue weighted by atomic mass is 9.71. The summed E-state index contributed by atoms with van der Waals surface area (Å²) in [7, 11) is 0. The maximum atomic E-state index is 13.2. The number of allylic oxidation sites excluding steroid dienone is 1. The Balaban J connectivity index is 1.32. The highest BCUT2D eigenvalue weighted by Crippen LogP contribution is 2.53. The van der Waals surface area contributed by atoms with Gasteiger partial charge in [0.05, 0.1) is 23.4 Å². The summed E-state index contributed by atoms with van der Waals surface area (Å²) >= 11 is 0. The number of hydrogen-bond donors (Lipinski definition) is 0. The highest BCUT2D eigenvalue weighted by atomic mass is 19.4. The molecule has 0 unspecified atom stereocenters. The molecule has 0 saturated heterocycles. The molecule has 0 N–H and O–H groups in total. The van der Waals surface area contributed by atoms with E-state index < -0.39 is 24.2 Å². The molecule has 0 saturated carbocycles. The normalized spacial score (nSPS) is 16.4. The fourth-order valence-electron chi connectivity index (χ4n) is 6.60. The Kier molecular flexibility index (Phi) is 5.96. The molecule has 0 spiro atoms. The number of nitrogens with zero attached hydrogens (tertiary/aromatic N) is 1. The van der Waals surface area contributed by atoms with Gasteiger partial charge in [0.2, 0.25) is 0 Å². The van der Waals surface area contributed by atoms with Gasteiger partial charge in [0.1, 0.15) is 0 Å². The summed E-state index contributed by atoms with van der Waals surface area (Å²) < 4.78 is 38.8. The van der Waals surface area contributed by atoms with Gasteiger partial charge < -0.3 is 4.90 Å². The molecule has 43 heavy (non-hydrogen) atoms. The second kappa shape index (κ2) is 9.53. The molecule has 0 radical (unpaired) electrons. The zero-order chi connectivity index (χ0) is 30.1. The monoisotopic (exact) mass is 573 g/mol. The van der Waals surface area contributed by atoms with Crippen LogP contribution in [-0.2, 0) is 11.8 Å². The van der Waals surface area contributed by atoms with Crippen LogP contribution in [-0.4, -0.2) is 17.7 Å². The van der Waals surface area contributed by atoms with Crippen LogP contribution < -0.4 is 4.90 Å². The van der Waals surface area contributed by atoms with E-state index in [0.717, 1.165) is 27.8 Å². The Morgan fingerprint density at radius 3 is 2.23 bits per heavy atom. The summed E-state index contributed by atoms with van der Waals surface area (Å²) in [5, 5.41) is 2.01. The zero-order valence-electron chi connectivity index (χ0n) is 23.5. The number of rotatable bonds is 3.